The Morgan fingerprint density at radius 3 is 2.29 bits per heavy atom. The summed E-state index contributed by atoms with van der Waals surface area (Å²) < 4.78 is 6.26. The second-order valence-corrected chi connectivity index (χ2v) is 12.2. The van der Waals surface area contributed by atoms with Crippen LogP contribution in [0, 0.1) is 5.41 Å². The van der Waals surface area contributed by atoms with Crippen LogP contribution in [0.4, 0.5) is 5.69 Å². The van der Waals surface area contributed by atoms with Crippen LogP contribution >= 0.6 is 0 Å². The highest BCUT2D eigenvalue weighted by atomic mass is 16.3. The zero-order chi connectivity index (χ0) is 26.8. The minimum absolute atomic E-state index is 0.0417. The Labute approximate surface area is 226 Å². The number of rotatable bonds is 4. The van der Waals surface area contributed by atoms with E-state index in [4.69, 9.17) is 14.5 Å². The second-order valence-electron chi connectivity index (χ2n) is 12.2. The van der Waals surface area contributed by atoms with Gasteiger partial charge < -0.3 is 4.42 Å². The molecule has 0 radical (unpaired) electrons. The summed E-state index contributed by atoms with van der Waals surface area (Å²) in [5.74, 6) is 1.68. The van der Waals surface area contributed by atoms with Crippen molar-refractivity contribution in [1.29, 1.82) is 0 Å². The van der Waals surface area contributed by atoms with Crippen LogP contribution in [0.3, 0.4) is 0 Å². The lowest BCUT2D eigenvalue weighted by Gasteiger charge is -2.32. The zero-order valence-electron chi connectivity index (χ0n) is 23.5. The number of benzene rings is 3. The van der Waals surface area contributed by atoms with E-state index < -0.39 is 0 Å². The van der Waals surface area contributed by atoms with Gasteiger partial charge in [-0.05, 0) is 84.7 Å². The van der Waals surface area contributed by atoms with Crippen molar-refractivity contribution >= 4 is 28.6 Å². The van der Waals surface area contributed by atoms with E-state index in [-0.39, 0.29) is 17.0 Å². The number of anilines is 1. The van der Waals surface area contributed by atoms with Gasteiger partial charge in [0.25, 0.3) is 0 Å². The lowest BCUT2D eigenvalue weighted by atomic mass is 9.78. The fraction of sp³-hybridized carbons (Fsp3) is 0.353. The number of furan rings is 1. The Hall–Kier alpha value is -3.66. The molecule has 1 aliphatic carbocycles. The number of nitrogens with zero attached hydrogens (tertiary/aromatic N) is 3. The van der Waals surface area contributed by atoms with E-state index in [1.54, 1.807) is 0 Å². The van der Waals surface area contributed by atoms with Crippen molar-refractivity contribution in [2.45, 2.75) is 71.9 Å². The van der Waals surface area contributed by atoms with Crippen LogP contribution in [0.15, 0.2) is 87.3 Å². The van der Waals surface area contributed by atoms with Gasteiger partial charge in [0.2, 0.25) is 0 Å². The molecule has 3 atom stereocenters. The number of hydrazone groups is 1. The summed E-state index contributed by atoms with van der Waals surface area (Å²) in [6.45, 7) is 15.8. The van der Waals surface area contributed by atoms with E-state index in [2.05, 4.69) is 120 Å². The van der Waals surface area contributed by atoms with Gasteiger partial charge in [0.15, 0.2) is 0 Å². The summed E-state index contributed by atoms with van der Waals surface area (Å²) >= 11 is 0. The summed E-state index contributed by atoms with van der Waals surface area (Å²) in [7, 11) is 0. The average Bonchev–Trinajstić information content (AvgIpc) is 3.47. The van der Waals surface area contributed by atoms with Crippen LogP contribution in [-0.4, -0.2) is 17.5 Å². The Balaban J connectivity index is 1.29. The lowest BCUT2D eigenvalue weighted by Crippen LogP contribution is -2.39. The van der Waals surface area contributed by atoms with Crippen LogP contribution in [0.25, 0.3) is 11.0 Å². The summed E-state index contributed by atoms with van der Waals surface area (Å²) in [5.41, 5.74) is 8.07. The van der Waals surface area contributed by atoms with Gasteiger partial charge in [-0.2, -0.15) is 5.10 Å². The fourth-order valence-electron chi connectivity index (χ4n) is 6.26. The van der Waals surface area contributed by atoms with E-state index in [1.807, 2.05) is 12.3 Å². The molecule has 4 nitrogen and oxygen atoms in total. The van der Waals surface area contributed by atoms with E-state index in [1.165, 1.54) is 22.4 Å². The number of hydrogen-bond donors (Lipinski definition) is 0. The van der Waals surface area contributed by atoms with Gasteiger partial charge in [-0.3, -0.25) is 10.0 Å². The van der Waals surface area contributed by atoms with Crippen LogP contribution in [0.5, 0.6) is 0 Å². The molecule has 1 aromatic heterocycles. The van der Waals surface area contributed by atoms with Crippen LogP contribution < -0.4 is 5.01 Å². The van der Waals surface area contributed by atoms with Gasteiger partial charge in [0.05, 0.1) is 29.2 Å². The highest BCUT2D eigenvalue weighted by molar-refractivity contribution is 6.00. The molecular weight excluding hydrogens is 466 g/mol. The van der Waals surface area contributed by atoms with Crippen molar-refractivity contribution in [2.24, 2.45) is 15.5 Å². The third-order valence-corrected chi connectivity index (χ3v) is 9.36. The molecule has 4 heteroatoms. The van der Waals surface area contributed by atoms with Crippen molar-refractivity contribution in [3.05, 3.63) is 101 Å². The predicted molar refractivity (Wildman–Crippen MR) is 159 cm³/mol. The normalized spacial score (nSPS) is 23.8. The molecule has 3 aromatic carbocycles. The molecule has 1 aliphatic heterocycles. The molecule has 0 fully saturated rings. The summed E-state index contributed by atoms with van der Waals surface area (Å²) in [4.78, 5) is 5.23. The van der Waals surface area contributed by atoms with Gasteiger partial charge in [0.1, 0.15) is 11.3 Å². The van der Waals surface area contributed by atoms with E-state index in [0.29, 0.717) is 11.8 Å². The highest BCUT2D eigenvalue weighted by Gasteiger charge is 2.45. The lowest BCUT2D eigenvalue weighted by molar-refractivity contribution is 0.272. The number of para-hydroxylation sites is 1. The predicted octanol–water partition coefficient (Wildman–Crippen LogP) is 8.86. The van der Waals surface area contributed by atoms with Crippen molar-refractivity contribution in [2.75, 3.05) is 5.01 Å². The first kappa shape index (κ1) is 24.7. The summed E-state index contributed by atoms with van der Waals surface area (Å²) in [6, 6.07) is 25.8. The number of hydrogen-bond acceptors (Lipinski definition) is 4. The molecule has 0 amide bonds. The van der Waals surface area contributed by atoms with Gasteiger partial charge in [-0.25, -0.2) is 0 Å². The highest BCUT2D eigenvalue weighted by Crippen LogP contribution is 2.55. The number of fused-ring (bicyclic) bond motifs is 3. The van der Waals surface area contributed by atoms with Crippen molar-refractivity contribution in [3.63, 3.8) is 0 Å². The van der Waals surface area contributed by atoms with Gasteiger partial charge >= 0.3 is 0 Å². The first-order valence-corrected chi connectivity index (χ1v) is 13.7. The minimum Gasteiger partial charge on any atom is -0.455 e. The quantitative estimate of drug-likeness (QED) is 0.261. The van der Waals surface area contributed by atoms with Crippen LogP contribution in [0.1, 0.15) is 94.4 Å². The summed E-state index contributed by atoms with van der Waals surface area (Å²) in [6.07, 6.45) is 1.96. The third-order valence-electron chi connectivity index (χ3n) is 9.36. The standard InChI is InChI=1S/C34H37N3O/c1-21-26-12-8-9-14-28(26)32(33(21,4)5)36-23(3)31-19-25-18-24(16-17-30(25)38-31)20-35-37-29-15-11-10-13-27(29)22(2)34(37,6)7/h8-22,32H,1-7H3. The van der Waals surface area contributed by atoms with Gasteiger partial charge in [-0.1, -0.05) is 70.2 Å². The molecular formula is C34H37N3O. The average molecular weight is 504 g/mol. The van der Waals surface area contributed by atoms with Crippen molar-refractivity contribution in [3.8, 4) is 0 Å². The van der Waals surface area contributed by atoms with Crippen LogP contribution in [0.2, 0.25) is 0 Å². The SMILES string of the molecule is CC(=NC1c2ccccc2C(C)C1(C)C)c1cc2cc(C=NN3c4ccccc4C(C)C3(C)C)ccc2o1. The Morgan fingerprint density at radius 1 is 0.842 bits per heavy atom. The topological polar surface area (TPSA) is 41.1 Å². The molecule has 0 saturated carbocycles. The molecule has 38 heavy (non-hydrogen) atoms. The molecule has 194 valence electrons. The molecule has 0 saturated heterocycles. The van der Waals surface area contributed by atoms with E-state index >= 15 is 0 Å². The van der Waals surface area contributed by atoms with Crippen molar-refractivity contribution in [1.82, 2.24) is 0 Å². The first-order chi connectivity index (χ1) is 18.1. The van der Waals surface area contributed by atoms with Crippen molar-refractivity contribution < 1.29 is 4.42 Å². The smallest absolute Gasteiger partial charge is 0.148 e. The molecule has 3 unspecified atom stereocenters. The molecule has 0 spiro atoms. The minimum atomic E-state index is -0.0925. The Kier molecular flexibility index (Phi) is 5.64. The Morgan fingerprint density at radius 2 is 1.53 bits per heavy atom. The van der Waals surface area contributed by atoms with Gasteiger partial charge in [0, 0.05) is 11.3 Å². The van der Waals surface area contributed by atoms with Gasteiger partial charge in [-0.15, -0.1) is 0 Å². The maximum absolute atomic E-state index is 6.26. The number of aliphatic imine (C=N–C) groups is 1. The summed E-state index contributed by atoms with van der Waals surface area (Å²) in [5, 5.41) is 8.18. The second kappa shape index (κ2) is 8.69. The largest absolute Gasteiger partial charge is 0.455 e. The zero-order valence-corrected chi connectivity index (χ0v) is 23.5. The molecule has 0 N–H and O–H groups in total. The molecule has 2 heterocycles. The molecule has 6 rings (SSSR count). The van der Waals surface area contributed by atoms with Crippen LogP contribution in [-0.2, 0) is 0 Å². The molecule has 0 bridgehead atoms. The Bertz CT molecular complexity index is 1590. The fourth-order valence-corrected chi connectivity index (χ4v) is 6.26. The molecule has 4 aromatic rings. The maximum atomic E-state index is 6.26. The third kappa shape index (κ3) is 3.73. The maximum Gasteiger partial charge on any atom is 0.148 e. The van der Waals surface area contributed by atoms with E-state index in [9.17, 15) is 0 Å². The molecule has 2 aliphatic rings. The first-order valence-electron chi connectivity index (χ1n) is 13.7. The monoisotopic (exact) mass is 503 g/mol. The van der Waals surface area contributed by atoms with E-state index in [0.717, 1.165) is 28.0 Å².